The minimum atomic E-state index is -0.527. The Morgan fingerprint density at radius 3 is 2.24 bits per heavy atom. The average Bonchev–Trinajstić information content (AvgIpc) is 2.37. The lowest BCUT2D eigenvalue weighted by Crippen LogP contribution is -2.24. The molecule has 0 saturated carbocycles. The molecule has 1 atom stereocenters. The van der Waals surface area contributed by atoms with Crippen molar-refractivity contribution < 1.29 is 8.78 Å². The molecule has 112 valence electrons. The highest BCUT2D eigenvalue weighted by Crippen LogP contribution is 2.23. The molecular formula is C18H21F2N. The summed E-state index contributed by atoms with van der Waals surface area (Å²) < 4.78 is 26.7. The number of aryl methyl sites for hydroxylation is 2. The van der Waals surface area contributed by atoms with Gasteiger partial charge in [-0.2, -0.15) is 0 Å². The minimum Gasteiger partial charge on any atom is -0.310 e. The highest BCUT2D eigenvalue weighted by atomic mass is 19.1. The Balaban J connectivity index is 2.30. The first-order valence-electron chi connectivity index (χ1n) is 7.25. The SMILES string of the molecule is CCNC(Cc1cc(F)cc(F)c1)c1ccc(C)cc1C. The lowest BCUT2D eigenvalue weighted by molar-refractivity contribution is 0.537. The molecule has 0 fully saturated rings. The molecule has 0 amide bonds. The molecule has 0 aromatic heterocycles. The van der Waals surface area contributed by atoms with E-state index in [1.807, 2.05) is 6.92 Å². The van der Waals surface area contributed by atoms with Gasteiger partial charge in [-0.1, -0.05) is 30.7 Å². The van der Waals surface area contributed by atoms with E-state index in [1.54, 1.807) is 0 Å². The fourth-order valence-electron chi connectivity index (χ4n) is 2.72. The Bertz CT molecular complexity index is 602. The first kappa shape index (κ1) is 15.6. The van der Waals surface area contributed by atoms with Crippen LogP contribution >= 0.6 is 0 Å². The predicted molar refractivity (Wildman–Crippen MR) is 82.4 cm³/mol. The third-order valence-electron chi connectivity index (χ3n) is 3.61. The van der Waals surface area contributed by atoms with E-state index in [0.29, 0.717) is 12.0 Å². The molecule has 21 heavy (non-hydrogen) atoms. The van der Waals surface area contributed by atoms with Crippen LogP contribution in [-0.2, 0) is 6.42 Å². The zero-order valence-corrected chi connectivity index (χ0v) is 12.7. The smallest absolute Gasteiger partial charge is 0.126 e. The number of halogens is 2. The van der Waals surface area contributed by atoms with Crippen LogP contribution in [0.3, 0.4) is 0 Å². The van der Waals surface area contributed by atoms with Gasteiger partial charge >= 0.3 is 0 Å². The van der Waals surface area contributed by atoms with Gasteiger partial charge in [-0.15, -0.1) is 0 Å². The molecule has 2 aromatic carbocycles. The van der Waals surface area contributed by atoms with Crippen LogP contribution < -0.4 is 5.32 Å². The largest absolute Gasteiger partial charge is 0.310 e. The fourth-order valence-corrected chi connectivity index (χ4v) is 2.72. The van der Waals surface area contributed by atoms with Gasteiger partial charge < -0.3 is 5.32 Å². The van der Waals surface area contributed by atoms with E-state index in [9.17, 15) is 8.78 Å². The van der Waals surface area contributed by atoms with Crippen molar-refractivity contribution in [2.45, 2.75) is 33.2 Å². The second-order valence-electron chi connectivity index (χ2n) is 5.45. The Hall–Kier alpha value is -1.74. The molecule has 0 heterocycles. The Kier molecular flexibility index (Phi) is 5.07. The summed E-state index contributed by atoms with van der Waals surface area (Å²) in [6, 6.07) is 10.0. The molecule has 1 nitrogen and oxygen atoms in total. The lowest BCUT2D eigenvalue weighted by Gasteiger charge is -2.21. The van der Waals surface area contributed by atoms with Crippen LogP contribution in [0.5, 0.6) is 0 Å². The van der Waals surface area contributed by atoms with E-state index in [4.69, 9.17) is 0 Å². The topological polar surface area (TPSA) is 12.0 Å². The Morgan fingerprint density at radius 2 is 1.67 bits per heavy atom. The molecule has 0 saturated heterocycles. The van der Waals surface area contributed by atoms with Crippen LogP contribution in [0.4, 0.5) is 8.78 Å². The zero-order valence-electron chi connectivity index (χ0n) is 12.7. The van der Waals surface area contributed by atoms with Crippen molar-refractivity contribution >= 4 is 0 Å². The van der Waals surface area contributed by atoms with Gasteiger partial charge in [0, 0.05) is 12.1 Å². The van der Waals surface area contributed by atoms with Gasteiger partial charge in [-0.3, -0.25) is 0 Å². The van der Waals surface area contributed by atoms with Crippen LogP contribution in [0.15, 0.2) is 36.4 Å². The molecule has 1 unspecified atom stereocenters. The summed E-state index contributed by atoms with van der Waals surface area (Å²) in [6.45, 7) is 6.96. The molecule has 0 aliphatic heterocycles. The van der Waals surface area contributed by atoms with Crippen molar-refractivity contribution in [3.8, 4) is 0 Å². The number of rotatable bonds is 5. The number of hydrogen-bond donors (Lipinski definition) is 1. The summed E-state index contributed by atoms with van der Waals surface area (Å²) in [6.07, 6.45) is 0.562. The summed E-state index contributed by atoms with van der Waals surface area (Å²) in [4.78, 5) is 0. The van der Waals surface area contributed by atoms with E-state index in [-0.39, 0.29) is 6.04 Å². The molecular weight excluding hydrogens is 268 g/mol. The molecule has 1 N–H and O–H groups in total. The van der Waals surface area contributed by atoms with Crippen LogP contribution in [0, 0.1) is 25.5 Å². The van der Waals surface area contributed by atoms with Crippen molar-refractivity contribution in [2.75, 3.05) is 6.54 Å². The zero-order chi connectivity index (χ0) is 15.4. The average molecular weight is 289 g/mol. The van der Waals surface area contributed by atoms with Gasteiger partial charge in [-0.25, -0.2) is 8.78 Å². The van der Waals surface area contributed by atoms with Gasteiger partial charge in [0.05, 0.1) is 0 Å². The Morgan fingerprint density at radius 1 is 1.00 bits per heavy atom. The molecule has 2 aromatic rings. The summed E-state index contributed by atoms with van der Waals surface area (Å²) >= 11 is 0. The van der Waals surface area contributed by atoms with Gasteiger partial charge in [0.1, 0.15) is 11.6 Å². The first-order valence-corrected chi connectivity index (χ1v) is 7.25. The van der Waals surface area contributed by atoms with Gasteiger partial charge in [-0.05, 0) is 55.6 Å². The second-order valence-corrected chi connectivity index (χ2v) is 5.45. The van der Waals surface area contributed by atoms with E-state index in [0.717, 1.165) is 12.6 Å². The number of benzene rings is 2. The molecule has 3 heteroatoms. The third-order valence-corrected chi connectivity index (χ3v) is 3.61. The van der Waals surface area contributed by atoms with Crippen molar-refractivity contribution in [1.29, 1.82) is 0 Å². The van der Waals surface area contributed by atoms with E-state index >= 15 is 0 Å². The number of hydrogen-bond acceptors (Lipinski definition) is 1. The lowest BCUT2D eigenvalue weighted by atomic mass is 9.94. The van der Waals surface area contributed by atoms with Crippen molar-refractivity contribution in [2.24, 2.45) is 0 Å². The maximum absolute atomic E-state index is 13.3. The minimum absolute atomic E-state index is 0.0526. The number of likely N-dealkylation sites (N-methyl/N-ethyl adjacent to an activating group) is 1. The van der Waals surface area contributed by atoms with Gasteiger partial charge in [0.25, 0.3) is 0 Å². The third kappa shape index (κ3) is 4.11. The molecule has 0 aliphatic rings. The van der Waals surface area contributed by atoms with E-state index in [2.05, 4.69) is 37.4 Å². The van der Waals surface area contributed by atoms with E-state index in [1.165, 1.54) is 28.8 Å². The second kappa shape index (κ2) is 6.81. The molecule has 0 bridgehead atoms. The van der Waals surface area contributed by atoms with Crippen molar-refractivity contribution in [1.82, 2.24) is 5.32 Å². The monoisotopic (exact) mass is 289 g/mol. The molecule has 0 spiro atoms. The summed E-state index contributed by atoms with van der Waals surface area (Å²) in [5, 5.41) is 3.40. The van der Waals surface area contributed by atoms with Crippen molar-refractivity contribution in [3.63, 3.8) is 0 Å². The van der Waals surface area contributed by atoms with Crippen LogP contribution in [0.1, 0.15) is 35.2 Å². The summed E-state index contributed by atoms with van der Waals surface area (Å²) in [5.41, 5.74) is 4.24. The molecule has 2 rings (SSSR count). The van der Waals surface area contributed by atoms with Crippen molar-refractivity contribution in [3.05, 3.63) is 70.3 Å². The first-order chi connectivity index (χ1) is 9.99. The van der Waals surface area contributed by atoms with Gasteiger partial charge in [0.15, 0.2) is 0 Å². The predicted octanol–water partition coefficient (Wildman–Crippen LogP) is 4.47. The molecule has 0 radical (unpaired) electrons. The number of nitrogens with one attached hydrogen (secondary N) is 1. The quantitative estimate of drug-likeness (QED) is 0.856. The standard InChI is InChI=1S/C18H21F2N/c1-4-21-18(17-6-5-12(2)7-13(17)3)10-14-8-15(19)11-16(20)9-14/h5-9,11,18,21H,4,10H2,1-3H3. The van der Waals surface area contributed by atoms with Gasteiger partial charge in [0.2, 0.25) is 0 Å². The van der Waals surface area contributed by atoms with E-state index < -0.39 is 11.6 Å². The summed E-state index contributed by atoms with van der Waals surface area (Å²) in [7, 11) is 0. The maximum atomic E-state index is 13.3. The van der Waals surface area contributed by atoms with Crippen LogP contribution in [0.25, 0.3) is 0 Å². The van der Waals surface area contributed by atoms with Crippen LogP contribution in [0.2, 0.25) is 0 Å². The van der Waals surface area contributed by atoms with Crippen LogP contribution in [-0.4, -0.2) is 6.54 Å². The highest BCUT2D eigenvalue weighted by molar-refractivity contribution is 5.34. The normalized spacial score (nSPS) is 12.4. The molecule has 0 aliphatic carbocycles. The Labute approximate surface area is 125 Å². The highest BCUT2D eigenvalue weighted by Gasteiger charge is 2.14. The summed E-state index contributed by atoms with van der Waals surface area (Å²) in [5.74, 6) is -1.05. The fraction of sp³-hybridized carbons (Fsp3) is 0.333. The maximum Gasteiger partial charge on any atom is 0.126 e.